The van der Waals surface area contributed by atoms with Crippen LogP contribution in [-0.4, -0.2) is 37.6 Å². The van der Waals surface area contributed by atoms with Crippen molar-refractivity contribution in [1.29, 1.82) is 0 Å². The van der Waals surface area contributed by atoms with Gasteiger partial charge < -0.3 is 16.2 Å². The van der Waals surface area contributed by atoms with Gasteiger partial charge in [0, 0.05) is 30.4 Å². The van der Waals surface area contributed by atoms with Gasteiger partial charge in [-0.1, -0.05) is 31.4 Å². The summed E-state index contributed by atoms with van der Waals surface area (Å²) < 4.78 is 0. The summed E-state index contributed by atoms with van der Waals surface area (Å²) in [6.07, 6.45) is 7.44. The van der Waals surface area contributed by atoms with Gasteiger partial charge >= 0.3 is 5.97 Å². The summed E-state index contributed by atoms with van der Waals surface area (Å²) >= 11 is 0. The van der Waals surface area contributed by atoms with Gasteiger partial charge in [0.05, 0.1) is 23.1 Å². The number of carboxylic acid groups (broad SMARTS) is 1. The minimum Gasteiger partial charge on any atom is -0.481 e. The lowest BCUT2D eigenvalue weighted by atomic mass is 9.94. The Bertz CT molecular complexity index is 1010. The van der Waals surface area contributed by atoms with Crippen LogP contribution in [0, 0.1) is 0 Å². The van der Waals surface area contributed by atoms with Gasteiger partial charge in [0.1, 0.15) is 5.82 Å². The predicted molar refractivity (Wildman–Crippen MR) is 122 cm³/mol. The topological polar surface area (TPSA) is 127 Å². The van der Waals surface area contributed by atoms with Crippen LogP contribution < -0.4 is 11.1 Å². The Balaban J connectivity index is 1.49. The van der Waals surface area contributed by atoms with Crippen molar-refractivity contribution in [3.63, 3.8) is 0 Å². The fourth-order valence-corrected chi connectivity index (χ4v) is 3.67. The number of rotatable bonds is 12. The first-order valence-electron chi connectivity index (χ1n) is 10.9. The van der Waals surface area contributed by atoms with E-state index in [1.807, 2.05) is 37.3 Å². The molecule has 8 heteroatoms. The molecule has 8 nitrogen and oxygen atoms in total. The van der Waals surface area contributed by atoms with Crippen molar-refractivity contribution in [2.45, 2.75) is 57.8 Å². The Hall–Kier alpha value is -3.29. The van der Waals surface area contributed by atoms with Crippen molar-refractivity contribution >= 4 is 28.8 Å². The van der Waals surface area contributed by atoms with Crippen molar-refractivity contribution in [1.82, 2.24) is 19.9 Å². The molecule has 2 aromatic heterocycles. The fraction of sp³-hybridized carbons (Fsp3) is 0.435. The van der Waals surface area contributed by atoms with Crippen LogP contribution in [0.25, 0.3) is 11.0 Å². The largest absolute Gasteiger partial charge is 0.481 e. The molecule has 0 aliphatic heterocycles. The molecule has 0 aliphatic rings. The summed E-state index contributed by atoms with van der Waals surface area (Å²) in [4.78, 5) is 29.1. The summed E-state index contributed by atoms with van der Waals surface area (Å²) in [6.45, 7) is 2.75. The summed E-state index contributed by atoms with van der Waals surface area (Å²) in [5, 5.41) is 12.4. The van der Waals surface area contributed by atoms with Gasteiger partial charge in [0.2, 0.25) is 5.95 Å². The molecular weight excluding hydrogens is 392 g/mol. The number of aromatic nitrogens is 4. The van der Waals surface area contributed by atoms with Gasteiger partial charge in [-0.05, 0) is 38.3 Å². The monoisotopic (exact) mass is 422 g/mol. The molecule has 1 atom stereocenters. The number of unbranched alkanes of at least 4 members (excludes halogenated alkanes) is 3. The number of aryl methyl sites for hydroxylation is 1. The quantitative estimate of drug-likeness (QED) is 0.371. The van der Waals surface area contributed by atoms with Gasteiger partial charge in [-0.25, -0.2) is 9.97 Å². The van der Waals surface area contributed by atoms with Crippen LogP contribution in [0.2, 0.25) is 0 Å². The molecule has 4 N–H and O–H groups in total. The average molecular weight is 423 g/mol. The third-order valence-electron chi connectivity index (χ3n) is 5.18. The van der Waals surface area contributed by atoms with Gasteiger partial charge in [-0.3, -0.25) is 9.78 Å². The highest BCUT2D eigenvalue weighted by atomic mass is 16.4. The normalized spacial score (nSPS) is 12.0. The molecule has 3 aromatic rings. The SMILES string of the molecule is CCNc1nc(N)cc(CCCCCC[C@H](CC(=O)O)c2cnc3ccccc3n2)n1. The van der Waals surface area contributed by atoms with E-state index >= 15 is 0 Å². The van der Waals surface area contributed by atoms with Gasteiger partial charge in [0.15, 0.2) is 0 Å². The lowest BCUT2D eigenvalue weighted by Crippen LogP contribution is -2.09. The highest BCUT2D eigenvalue weighted by molar-refractivity contribution is 5.74. The molecule has 0 unspecified atom stereocenters. The molecule has 3 rings (SSSR count). The zero-order valence-electron chi connectivity index (χ0n) is 17.9. The van der Waals surface area contributed by atoms with E-state index in [9.17, 15) is 9.90 Å². The first kappa shape index (κ1) is 22.4. The minimum atomic E-state index is -0.808. The number of nitrogens with zero attached hydrogens (tertiary/aromatic N) is 4. The lowest BCUT2D eigenvalue weighted by molar-refractivity contribution is -0.137. The Labute approximate surface area is 182 Å². The second kappa shape index (κ2) is 11.2. The van der Waals surface area contributed by atoms with Gasteiger partial charge in [0.25, 0.3) is 0 Å². The molecule has 0 aliphatic carbocycles. The summed E-state index contributed by atoms with van der Waals surface area (Å²) in [7, 11) is 0. The molecule has 0 radical (unpaired) electrons. The molecule has 0 saturated carbocycles. The van der Waals surface area contributed by atoms with E-state index in [1.165, 1.54) is 0 Å². The number of carboxylic acids is 1. The maximum atomic E-state index is 11.4. The third-order valence-corrected chi connectivity index (χ3v) is 5.18. The number of benzene rings is 1. The first-order valence-corrected chi connectivity index (χ1v) is 10.9. The van der Waals surface area contributed by atoms with Crippen LogP contribution in [-0.2, 0) is 11.2 Å². The number of nitrogen functional groups attached to an aromatic ring is 1. The summed E-state index contributed by atoms with van der Waals surface area (Å²) in [5.41, 5.74) is 9.18. The average Bonchev–Trinajstić information content (AvgIpc) is 2.74. The number of carbonyl (C=O) groups is 1. The van der Waals surface area contributed by atoms with E-state index in [-0.39, 0.29) is 12.3 Å². The Morgan fingerprint density at radius 3 is 2.65 bits per heavy atom. The smallest absolute Gasteiger partial charge is 0.304 e. The van der Waals surface area contributed by atoms with Gasteiger partial charge in [-0.2, -0.15) is 4.98 Å². The highest BCUT2D eigenvalue weighted by Gasteiger charge is 2.17. The predicted octanol–water partition coefficient (Wildman–Crippen LogP) is 4.19. The number of nitrogens with one attached hydrogen (secondary N) is 1. The molecule has 31 heavy (non-hydrogen) atoms. The molecule has 0 bridgehead atoms. The zero-order chi connectivity index (χ0) is 22.1. The van der Waals surface area contributed by atoms with Gasteiger partial charge in [-0.15, -0.1) is 0 Å². The second-order valence-electron chi connectivity index (χ2n) is 7.67. The zero-order valence-corrected chi connectivity index (χ0v) is 17.9. The third kappa shape index (κ3) is 6.87. The number of fused-ring (bicyclic) bond motifs is 1. The van der Waals surface area contributed by atoms with Crippen molar-refractivity contribution < 1.29 is 9.90 Å². The fourth-order valence-electron chi connectivity index (χ4n) is 3.67. The van der Waals surface area contributed by atoms with Crippen LogP contribution in [0.5, 0.6) is 0 Å². The Morgan fingerprint density at radius 2 is 1.87 bits per heavy atom. The summed E-state index contributed by atoms with van der Waals surface area (Å²) in [6, 6.07) is 9.47. The van der Waals surface area contributed by atoms with Crippen molar-refractivity contribution in [2.75, 3.05) is 17.6 Å². The number of anilines is 2. The molecule has 0 saturated heterocycles. The number of para-hydroxylation sites is 2. The Kier molecular flexibility index (Phi) is 8.09. The molecule has 2 heterocycles. The maximum Gasteiger partial charge on any atom is 0.304 e. The van der Waals surface area contributed by atoms with Crippen molar-refractivity contribution in [2.24, 2.45) is 0 Å². The first-order chi connectivity index (χ1) is 15.0. The molecule has 164 valence electrons. The maximum absolute atomic E-state index is 11.4. The standard InChI is InChI=1S/C23H30N6O2/c1-2-25-23-27-17(14-21(24)29-23)10-6-4-3-5-9-16(13-22(30)31)20-15-26-18-11-7-8-12-19(18)28-20/h7-8,11-12,14-16H,2-6,9-10,13H2,1H3,(H,30,31)(H3,24,25,27,29)/t16-/m1/s1. The highest BCUT2D eigenvalue weighted by Crippen LogP contribution is 2.26. The van der Waals surface area contributed by atoms with Crippen LogP contribution in [0.3, 0.4) is 0 Å². The number of aliphatic carboxylic acids is 1. The molecule has 0 fully saturated rings. The number of hydrogen-bond acceptors (Lipinski definition) is 7. The van der Waals surface area contributed by atoms with Crippen LogP contribution in [0.1, 0.15) is 62.8 Å². The van der Waals surface area contributed by atoms with E-state index in [1.54, 1.807) is 6.20 Å². The number of nitrogens with two attached hydrogens (primary N) is 1. The van der Waals surface area contributed by atoms with Crippen LogP contribution in [0.4, 0.5) is 11.8 Å². The summed E-state index contributed by atoms with van der Waals surface area (Å²) in [5.74, 6) is 0.121. The van der Waals surface area contributed by atoms with E-state index in [0.29, 0.717) is 11.8 Å². The Morgan fingerprint density at radius 1 is 1.10 bits per heavy atom. The van der Waals surface area contributed by atoms with Crippen LogP contribution >= 0.6 is 0 Å². The van der Waals surface area contributed by atoms with E-state index < -0.39 is 5.97 Å². The van der Waals surface area contributed by atoms with E-state index in [0.717, 1.165) is 67.5 Å². The molecule has 1 aromatic carbocycles. The number of hydrogen-bond donors (Lipinski definition) is 3. The molecule has 0 amide bonds. The lowest BCUT2D eigenvalue weighted by Gasteiger charge is -2.14. The van der Waals surface area contributed by atoms with Crippen molar-refractivity contribution in [3.05, 3.63) is 47.9 Å². The van der Waals surface area contributed by atoms with E-state index in [2.05, 4.69) is 25.3 Å². The van der Waals surface area contributed by atoms with Crippen molar-refractivity contribution in [3.8, 4) is 0 Å². The van der Waals surface area contributed by atoms with Crippen LogP contribution in [0.15, 0.2) is 36.5 Å². The second-order valence-corrected chi connectivity index (χ2v) is 7.67. The molecular formula is C23H30N6O2. The van der Waals surface area contributed by atoms with E-state index in [4.69, 9.17) is 5.73 Å². The molecule has 0 spiro atoms. The minimum absolute atomic E-state index is 0.0699.